The van der Waals surface area contributed by atoms with Crippen molar-refractivity contribution in [2.45, 2.75) is 19.4 Å². The van der Waals surface area contributed by atoms with E-state index >= 15 is 0 Å². The van der Waals surface area contributed by atoms with E-state index in [0.717, 1.165) is 0 Å². The van der Waals surface area contributed by atoms with E-state index < -0.39 is 0 Å². The Morgan fingerprint density at radius 1 is 1.50 bits per heavy atom. The molecule has 5 heteroatoms. The van der Waals surface area contributed by atoms with Crippen molar-refractivity contribution >= 4 is 35.2 Å². The lowest BCUT2D eigenvalue weighted by Crippen LogP contribution is -2.35. The van der Waals surface area contributed by atoms with Crippen LogP contribution >= 0.6 is 23.2 Å². The first-order valence-corrected chi connectivity index (χ1v) is 6.37. The SMILES string of the molecule is CC[C@H](CO)NC(=O)/C=C/c1cccc(Cl)c1Cl. The molecule has 0 aliphatic heterocycles. The van der Waals surface area contributed by atoms with E-state index in [9.17, 15) is 4.79 Å². The van der Waals surface area contributed by atoms with Crippen molar-refractivity contribution in [3.8, 4) is 0 Å². The fraction of sp³-hybridized carbons (Fsp3) is 0.308. The van der Waals surface area contributed by atoms with E-state index in [-0.39, 0.29) is 18.6 Å². The van der Waals surface area contributed by atoms with E-state index in [2.05, 4.69) is 5.32 Å². The van der Waals surface area contributed by atoms with Crippen LogP contribution in [0.25, 0.3) is 6.08 Å². The average molecular weight is 288 g/mol. The number of rotatable bonds is 5. The van der Waals surface area contributed by atoms with E-state index in [1.165, 1.54) is 6.08 Å². The lowest BCUT2D eigenvalue weighted by atomic mass is 10.2. The van der Waals surface area contributed by atoms with Crippen LogP contribution < -0.4 is 5.32 Å². The van der Waals surface area contributed by atoms with Crippen molar-refractivity contribution in [2.75, 3.05) is 6.61 Å². The van der Waals surface area contributed by atoms with E-state index in [4.69, 9.17) is 28.3 Å². The van der Waals surface area contributed by atoms with Crippen LogP contribution in [0.2, 0.25) is 10.0 Å². The van der Waals surface area contributed by atoms with Gasteiger partial charge in [0, 0.05) is 6.08 Å². The molecule has 1 aromatic rings. The second kappa shape index (κ2) is 7.41. The minimum Gasteiger partial charge on any atom is -0.394 e. The molecule has 1 atom stereocenters. The van der Waals surface area contributed by atoms with Crippen molar-refractivity contribution in [1.82, 2.24) is 5.32 Å². The van der Waals surface area contributed by atoms with Gasteiger partial charge in [-0.2, -0.15) is 0 Å². The molecule has 0 unspecified atom stereocenters. The lowest BCUT2D eigenvalue weighted by molar-refractivity contribution is -0.117. The first-order chi connectivity index (χ1) is 8.58. The Hall–Kier alpha value is -1.03. The molecule has 1 rings (SSSR count). The molecule has 3 nitrogen and oxygen atoms in total. The van der Waals surface area contributed by atoms with Gasteiger partial charge in [0.1, 0.15) is 0 Å². The molecule has 0 saturated heterocycles. The normalized spacial score (nSPS) is 12.7. The second-order valence-corrected chi connectivity index (χ2v) is 4.56. The number of carbonyl (C=O) groups excluding carboxylic acids is 1. The average Bonchev–Trinajstić information content (AvgIpc) is 2.37. The number of amides is 1. The highest BCUT2D eigenvalue weighted by Crippen LogP contribution is 2.26. The number of carbonyl (C=O) groups is 1. The molecule has 0 saturated carbocycles. The van der Waals surface area contributed by atoms with Crippen LogP contribution in [-0.2, 0) is 4.79 Å². The Morgan fingerprint density at radius 2 is 2.22 bits per heavy atom. The van der Waals surface area contributed by atoms with Crippen molar-refractivity contribution in [1.29, 1.82) is 0 Å². The summed E-state index contributed by atoms with van der Waals surface area (Å²) >= 11 is 11.8. The third-order valence-corrected chi connectivity index (χ3v) is 3.29. The molecule has 0 bridgehead atoms. The van der Waals surface area contributed by atoms with Crippen LogP contribution in [0.15, 0.2) is 24.3 Å². The Kier molecular flexibility index (Phi) is 6.19. The van der Waals surface area contributed by atoms with Crippen LogP contribution in [0.3, 0.4) is 0 Å². The number of benzene rings is 1. The third kappa shape index (κ3) is 4.33. The summed E-state index contributed by atoms with van der Waals surface area (Å²) < 4.78 is 0. The van der Waals surface area contributed by atoms with Gasteiger partial charge in [-0.15, -0.1) is 0 Å². The predicted molar refractivity (Wildman–Crippen MR) is 74.8 cm³/mol. The summed E-state index contributed by atoms with van der Waals surface area (Å²) in [5.41, 5.74) is 0.677. The van der Waals surface area contributed by atoms with Crippen LogP contribution in [0.5, 0.6) is 0 Å². The standard InChI is InChI=1S/C13H15Cl2NO2/c1-2-10(8-17)16-12(18)7-6-9-4-3-5-11(14)13(9)15/h3-7,10,17H,2,8H2,1H3,(H,16,18)/b7-6+/t10-/m1/s1. The Morgan fingerprint density at radius 3 is 2.83 bits per heavy atom. The summed E-state index contributed by atoms with van der Waals surface area (Å²) in [6.07, 6.45) is 3.64. The van der Waals surface area contributed by atoms with Gasteiger partial charge in [-0.1, -0.05) is 42.3 Å². The molecule has 18 heavy (non-hydrogen) atoms. The van der Waals surface area contributed by atoms with Gasteiger partial charge < -0.3 is 10.4 Å². The number of aliphatic hydroxyl groups excluding tert-OH is 1. The predicted octanol–water partition coefficient (Wildman–Crippen LogP) is 2.89. The molecule has 0 aliphatic rings. The maximum atomic E-state index is 11.6. The van der Waals surface area contributed by atoms with Crippen molar-refractivity contribution < 1.29 is 9.90 Å². The van der Waals surface area contributed by atoms with E-state index in [1.807, 2.05) is 6.92 Å². The number of hydrogen-bond donors (Lipinski definition) is 2. The Labute approximate surface area is 116 Å². The molecule has 1 amide bonds. The fourth-order valence-electron chi connectivity index (χ4n) is 1.34. The number of halogens is 2. The van der Waals surface area contributed by atoms with Crippen molar-refractivity contribution in [3.63, 3.8) is 0 Å². The van der Waals surface area contributed by atoms with Crippen LogP contribution in [-0.4, -0.2) is 23.7 Å². The van der Waals surface area contributed by atoms with Crippen molar-refractivity contribution in [3.05, 3.63) is 39.9 Å². The zero-order valence-electron chi connectivity index (χ0n) is 9.99. The first-order valence-electron chi connectivity index (χ1n) is 5.62. The van der Waals surface area contributed by atoms with Gasteiger partial charge >= 0.3 is 0 Å². The van der Waals surface area contributed by atoms with Crippen molar-refractivity contribution in [2.24, 2.45) is 0 Å². The molecular weight excluding hydrogens is 273 g/mol. The van der Waals surface area contributed by atoms with Crippen LogP contribution in [0, 0.1) is 0 Å². The second-order valence-electron chi connectivity index (χ2n) is 3.77. The van der Waals surface area contributed by atoms with E-state index in [1.54, 1.807) is 24.3 Å². The monoisotopic (exact) mass is 287 g/mol. The molecule has 1 aromatic carbocycles. The molecular formula is C13H15Cl2NO2. The topological polar surface area (TPSA) is 49.3 Å². The smallest absolute Gasteiger partial charge is 0.244 e. The first kappa shape index (κ1) is 15.0. The highest BCUT2D eigenvalue weighted by molar-refractivity contribution is 6.42. The van der Waals surface area contributed by atoms with Crippen LogP contribution in [0.1, 0.15) is 18.9 Å². The Balaban J connectivity index is 2.69. The van der Waals surface area contributed by atoms with Gasteiger partial charge in [-0.05, 0) is 24.1 Å². The molecule has 0 radical (unpaired) electrons. The molecule has 0 spiro atoms. The Bertz CT molecular complexity index is 443. The number of hydrogen-bond acceptors (Lipinski definition) is 2. The minimum absolute atomic E-state index is 0.0754. The lowest BCUT2D eigenvalue weighted by Gasteiger charge is -2.11. The van der Waals surface area contributed by atoms with Gasteiger partial charge in [-0.25, -0.2) is 0 Å². The van der Waals surface area contributed by atoms with E-state index in [0.29, 0.717) is 22.0 Å². The summed E-state index contributed by atoms with van der Waals surface area (Å²) in [6, 6.07) is 4.98. The summed E-state index contributed by atoms with van der Waals surface area (Å²) in [7, 11) is 0. The van der Waals surface area contributed by atoms with Gasteiger partial charge in [0.15, 0.2) is 0 Å². The zero-order valence-corrected chi connectivity index (χ0v) is 11.5. The molecule has 0 heterocycles. The van der Waals surface area contributed by atoms with Crippen LogP contribution in [0.4, 0.5) is 0 Å². The highest BCUT2D eigenvalue weighted by Gasteiger charge is 2.06. The zero-order chi connectivity index (χ0) is 13.5. The molecule has 2 N–H and O–H groups in total. The minimum atomic E-state index is -0.271. The fourth-order valence-corrected chi connectivity index (χ4v) is 1.71. The third-order valence-electron chi connectivity index (χ3n) is 2.46. The molecule has 0 aromatic heterocycles. The van der Waals surface area contributed by atoms with Gasteiger partial charge in [0.05, 0.1) is 22.7 Å². The maximum Gasteiger partial charge on any atom is 0.244 e. The quantitative estimate of drug-likeness (QED) is 0.818. The summed E-state index contributed by atoms with van der Waals surface area (Å²) in [4.78, 5) is 11.6. The largest absolute Gasteiger partial charge is 0.394 e. The number of aliphatic hydroxyl groups is 1. The van der Waals surface area contributed by atoms with Gasteiger partial charge in [0.25, 0.3) is 0 Å². The van der Waals surface area contributed by atoms with Gasteiger partial charge in [0.2, 0.25) is 5.91 Å². The highest BCUT2D eigenvalue weighted by atomic mass is 35.5. The summed E-state index contributed by atoms with van der Waals surface area (Å²) in [5, 5.41) is 12.5. The maximum absolute atomic E-state index is 11.6. The molecule has 0 fully saturated rings. The van der Waals surface area contributed by atoms with Gasteiger partial charge in [-0.3, -0.25) is 4.79 Å². The molecule has 0 aliphatic carbocycles. The summed E-state index contributed by atoms with van der Waals surface area (Å²) in [6.45, 7) is 1.81. The summed E-state index contributed by atoms with van der Waals surface area (Å²) in [5.74, 6) is -0.271. The molecule has 98 valence electrons. The number of nitrogens with one attached hydrogen (secondary N) is 1.